The Balaban J connectivity index is 1.96. The molecule has 0 spiro atoms. The molecule has 0 saturated carbocycles. The molecular formula is C10H17NO. The summed E-state index contributed by atoms with van der Waals surface area (Å²) < 4.78 is 5.13. The van der Waals surface area contributed by atoms with Gasteiger partial charge in [-0.2, -0.15) is 0 Å². The standard InChI is InChI=1S/C10H17NO/c1-2-3-4-5-6-7-10-8-11-9-12-10/h8-9H,2-7H2,1H3. The van der Waals surface area contributed by atoms with Crippen molar-refractivity contribution >= 4 is 0 Å². The van der Waals surface area contributed by atoms with Gasteiger partial charge in [-0.15, -0.1) is 0 Å². The molecule has 0 aliphatic rings. The normalized spacial score (nSPS) is 10.4. The van der Waals surface area contributed by atoms with Gasteiger partial charge >= 0.3 is 0 Å². The van der Waals surface area contributed by atoms with Crippen LogP contribution in [0.5, 0.6) is 0 Å². The molecule has 2 nitrogen and oxygen atoms in total. The summed E-state index contributed by atoms with van der Waals surface area (Å²) in [5.41, 5.74) is 0. The van der Waals surface area contributed by atoms with E-state index in [-0.39, 0.29) is 0 Å². The van der Waals surface area contributed by atoms with Gasteiger partial charge in [-0.1, -0.05) is 32.6 Å². The zero-order chi connectivity index (χ0) is 8.65. The second-order valence-corrected chi connectivity index (χ2v) is 3.13. The molecule has 0 saturated heterocycles. The summed E-state index contributed by atoms with van der Waals surface area (Å²) in [5, 5.41) is 0. The van der Waals surface area contributed by atoms with Crippen LogP contribution >= 0.6 is 0 Å². The van der Waals surface area contributed by atoms with Crippen LogP contribution in [-0.2, 0) is 6.42 Å². The van der Waals surface area contributed by atoms with Crippen LogP contribution < -0.4 is 0 Å². The molecule has 0 radical (unpaired) electrons. The maximum atomic E-state index is 5.13. The Labute approximate surface area is 74.0 Å². The predicted molar refractivity (Wildman–Crippen MR) is 49.0 cm³/mol. The van der Waals surface area contributed by atoms with Crippen LogP contribution in [-0.4, -0.2) is 4.98 Å². The van der Waals surface area contributed by atoms with Crippen LogP contribution in [0, 0.1) is 0 Å². The summed E-state index contributed by atoms with van der Waals surface area (Å²) in [7, 11) is 0. The van der Waals surface area contributed by atoms with E-state index in [1.165, 1.54) is 38.5 Å². The van der Waals surface area contributed by atoms with Crippen molar-refractivity contribution in [3.05, 3.63) is 18.4 Å². The van der Waals surface area contributed by atoms with Gasteiger partial charge in [-0.05, 0) is 6.42 Å². The molecule has 0 aliphatic heterocycles. The number of hydrogen-bond donors (Lipinski definition) is 0. The number of rotatable bonds is 6. The third-order valence-corrected chi connectivity index (χ3v) is 2.01. The topological polar surface area (TPSA) is 26.0 Å². The molecule has 68 valence electrons. The van der Waals surface area contributed by atoms with E-state index in [0.717, 1.165) is 12.2 Å². The minimum atomic E-state index is 1.02. The van der Waals surface area contributed by atoms with Crippen molar-refractivity contribution in [3.8, 4) is 0 Å². The molecule has 1 aromatic rings. The number of hydrogen-bond acceptors (Lipinski definition) is 2. The fourth-order valence-corrected chi connectivity index (χ4v) is 1.27. The largest absolute Gasteiger partial charge is 0.449 e. The lowest BCUT2D eigenvalue weighted by Crippen LogP contribution is -1.82. The van der Waals surface area contributed by atoms with E-state index in [4.69, 9.17) is 4.42 Å². The molecule has 2 heteroatoms. The van der Waals surface area contributed by atoms with E-state index >= 15 is 0 Å². The minimum Gasteiger partial charge on any atom is -0.449 e. The summed E-state index contributed by atoms with van der Waals surface area (Å²) in [6, 6.07) is 0. The van der Waals surface area contributed by atoms with Crippen molar-refractivity contribution < 1.29 is 4.42 Å². The molecule has 1 heterocycles. The van der Waals surface area contributed by atoms with Crippen LogP contribution in [0.4, 0.5) is 0 Å². The van der Waals surface area contributed by atoms with Gasteiger partial charge in [0.1, 0.15) is 5.76 Å². The van der Waals surface area contributed by atoms with Crippen LogP contribution in [0.15, 0.2) is 17.0 Å². The van der Waals surface area contributed by atoms with Crippen molar-refractivity contribution in [2.75, 3.05) is 0 Å². The lowest BCUT2D eigenvalue weighted by molar-refractivity contribution is 0.488. The Morgan fingerprint density at radius 3 is 2.75 bits per heavy atom. The highest BCUT2D eigenvalue weighted by Gasteiger charge is 1.95. The molecule has 0 N–H and O–H groups in total. The molecule has 0 fully saturated rings. The fourth-order valence-electron chi connectivity index (χ4n) is 1.27. The molecule has 0 amide bonds. The van der Waals surface area contributed by atoms with Crippen LogP contribution in [0.25, 0.3) is 0 Å². The average Bonchev–Trinajstić information content (AvgIpc) is 2.57. The third-order valence-electron chi connectivity index (χ3n) is 2.01. The lowest BCUT2D eigenvalue weighted by atomic mass is 10.1. The van der Waals surface area contributed by atoms with Crippen molar-refractivity contribution in [2.45, 2.75) is 45.4 Å². The number of unbranched alkanes of at least 4 members (excludes halogenated alkanes) is 4. The monoisotopic (exact) mass is 167 g/mol. The van der Waals surface area contributed by atoms with Gasteiger partial charge in [0.25, 0.3) is 0 Å². The highest BCUT2D eigenvalue weighted by molar-refractivity contribution is 4.87. The van der Waals surface area contributed by atoms with Crippen molar-refractivity contribution in [1.29, 1.82) is 0 Å². The molecule has 12 heavy (non-hydrogen) atoms. The van der Waals surface area contributed by atoms with Gasteiger partial charge in [0, 0.05) is 6.42 Å². The van der Waals surface area contributed by atoms with Crippen LogP contribution in [0.1, 0.15) is 44.8 Å². The zero-order valence-electron chi connectivity index (χ0n) is 7.75. The van der Waals surface area contributed by atoms with E-state index < -0.39 is 0 Å². The number of aromatic nitrogens is 1. The highest BCUT2D eigenvalue weighted by atomic mass is 16.3. The first-order valence-corrected chi connectivity index (χ1v) is 4.81. The van der Waals surface area contributed by atoms with Gasteiger partial charge in [0.2, 0.25) is 0 Å². The molecule has 0 aromatic carbocycles. The minimum absolute atomic E-state index is 1.02. The molecule has 1 aromatic heterocycles. The summed E-state index contributed by atoms with van der Waals surface area (Å²) in [4.78, 5) is 3.87. The van der Waals surface area contributed by atoms with Gasteiger partial charge < -0.3 is 4.42 Å². The van der Waals surface area contributed by atoms with Gasteiger partial charge in [0.15, 0.2) is 6.39 Å². The molecule has 0 atom stereocenters. The Bertz CT molecular complexity index is 182. The molecule has 0 unspecified atom stereocenters. The third kappa shape index (κ3) is 3.56. The predicted octanol–water partition coefficient (Wildman–Crippen LogP) is 3.19. The quantitative estimate of drug-likeness (QED) is 0.608. The van der Waals surface area contributed by atoms with E-state index in [1.807, 2.05) is 0 Å². The van der Waals surface area contributed by atoms with E-state index in [9.17, 15) is 0 Å². The first-order chi connectivity index (χ1) is 5.93. The van der Waals surface area contributed by atoms with Crippen molar-refractivity contribution in [3.63, 3.8) is 0 Å². The van der Waals surface area contributed by atoms with E-state index in [2.05, 4.69) is 11.9 Å². The summed E-state index contributed by atoms with van der Waals surface area (Å²) in [6.07, 6.45) is 10.9. The number of oxazole rings is 1. The van der Waals surface area contributed by atoms with Crippen molar-refractivity contribution in [2.24, 2.45) is 0 Å². The van der Waals surface area contributed by atoms with Gasteiger partial charge in [-0.25, -0.2) is 4.98 Å². The molecule has 1 rings (SSSR count). The molecule has 0 bridgehead atoms. The molecular weight excluding hydrogens is 150 g/mol. The summed E-state index contributed by atoms with van der Waals surface area (Å²) in [6.45, 7) is 2.23. The second kappa shape index (κ2) is 5.81. The smallest absolute Gasteiger partial charge is 0.180 e. The lowest BCUT2D eigenvalue weighted by Gasteiger charge is -1.96. The second-order valence-electron chi connectivity index (χ2n) is 3.13. The SMILES string of the molecule is CCCCCCCc1cnco1. The Hall–Kier alpha value is -0.790. The Morgan fingerprint density at radius 2 is 2.08 bits per heavy atom. The highest BCUT2D eigenvalue weighted by Crippen LogP contribution is 2.07. The number of aryl methyl sites for hydroxylation is 1. The maximum Gasteiger partial charge on any atom is 0.180 e. The van der Waals surface area contributed by atoms with Gasteiger partial charge in [0.05, 0.1) is 6.20 Å². The number of nitrogens with zero attached hydrogens (tertiary/aromatic N) is 1. The maximum absolute atomic E-state index is 5.13. The molecule has 0 aliphatic carbocycles. The van der Waals surface area contributed by atoms with E-state index in [1.54, 1.807) is 6.20 Å². The van der Waals surface area contributed by atoms with Crippen LogP contribution in [0.3, 0.4) is 0 Å². The summed E-state index contributed by atoms with van der Waals surface area (Å²) >= 11 is 0. The average molecular weight is 167 g/mol. The zero-order valence-corrected chi connectivity index (χ0v) is 7.75. The van der Waals surface area contributed by atoms with Gasteiger partial charge in [-0.3, -0.25) is 0 Å². The Kier molecular flexibility index (Phi) is 4.50. The summed E-state index contributed by atoms with van der Waals surface area (Å²) in [5.74, 6) is 1.02. The van der Waals surface area contributed by atoms with Crippen molar-refractivity contribution in [1.82, 2.24) is 4.98 Å². The fraction of sp³-hybridized carbons (Fsp3) is 0.700. The van der Waals surface area contributed by atoms with E-state index in [0.29, 0.717) is 0 Å². The van der Waals surface area contributed by atoms with Crippen LogP contribution in [0.2, 0.25) is 0 Å². The first kappa shape index (κ1) is 9.30. The first-order valence-electron chi connectivity index (χ1n) is 4.81. The Morgan fingerprint density at radius 1 is 1.25 bits per heavy atom.